The molecule has 0 saturated carbocycles. The lowest BCUT2D eigenvalue weighted by Crippen LogP contribution is -2.17. The highest BCUT2D eigenvalue weighted by Gasteiger charge is 2.15. The molecule has 5 nitrogen and oxygen atoms in total. The highest BCUT2D eigenvalue weighted by Crippen LogP contribution is 2.33. The van der Waals surface area contributed by atoms with Gasteiger partial charge in [-0.3, -0.25) is 0 Å². The fourth-order valence-corrected chi connectivity index (χ4v) is 2.11. The van der Waals surface area contributed by atoms with Crippen LogP contribution in [-0.2, 0) is 6.54 Å². The minimum atomic E-state index is 0.603. The standard InChI is InChI=1S/C11H11N3O2S/c1-2-8(6-12-10-7-13-14-17-10)11-9(3-1)15-4-5-16-11/h1-3,7,12H,4-6H2. The van der Waals surface area contributed by atoms with Crippen LogP contribution in [0.2, 0.25) is 0 Å². The number of hydrogen-bond acceptors (Lipinski definition) is 6. The fourth-order valence-electron chi connectivity index (χ4n) is 1.70. The molecule has 0 aliphatic carbocycles. The number of nitrogens with zero attached hydrogens (tertiary/aromatic N) is 2. The van der Waals surface area contributed by atoms with Crippen LogP contribution in [0.1, 0.15) is 5.56 Å². The molecule has 0 atom stereocenters. The van der Waals surface area contributed by atoms with Crippen LogP contribution in [-0.4, -0.2) is 22.8 Å². The van der Waals surface area contributed by atoms with Crippen molar-refractivity contribution < 1.29 is 9.47 Å². The molecule has 88 valence electrons. The lowest BCUT2D eigenvalue weighted by atomic mass is 10.1. The van der Waals surface area contributed by atoms with E-state index in [1.807, 2.05) is 18.2 Å². The van der Waals surface area contributed by atoms with Crippen LogP contribution in [0, 0.1) is 0 Å². The maximum Gasteiger partial charge on any atom is 0.166 e. The van der Waals surface area contributed by atoms with E-state index in [1.165, 1.54) is 11.5 Å². The molecule has 0 bridgehead atoms. The third-order valence-electron chi connectivity index (χ3n) is 2.46. The van der Waals surface area contributed by atoms with E-state index in [-0.39, 0.29) is 0 Å². The van der Waals surface area contributed by atoms with Crippen molar-refractivity contribution in [1.29, 1.82) is 0 Å². The topological polar surface area (TPSA) is 56.3 Å². The molecule has 0 spiro atoms. The van der Waals surface area contributed by atoms with Crippen LogP contribution in [0.4, 0.5) is 5.00 Å². The van der Waals surface area contributed by atoms with Crippen molar-refractivity contribution in [3.8, 4) is 11.5 Å². The summed E-state index contributed by atoms with van der Waals surface area (Å²) in [5.74, 6) is 1.65. The Morgan fingerprint density at radius 1 is 1.29 bits per heavy atom. The Bertz CT molecular complexity index is 501. The third-order valence-corrected chi connectivity index (χ3v) is 3.08. The zero-order valence-corrected chi connectivity index (χ0v) is 9.87. The van der Waals surface area contributed by atoms with Crippen LogP contribution in [0.3, 0.4) is 0 Å². The Balaban J connectivity index is 1.78. The normalized spacial score (nSPS) is 13.4. The summed E-state index contributed by atoms with van der Waals surface area (Å²) in [7, 11) is 0. The van der Waals surface area contributed by atoms with Crippen LogP contribution < -0.4 is 14.8 Å². The highest BCUT2D eigenvalue weighted by atomic mass is 32.1. The molecule has 1 aromatic heterocycles. The van der Waals surface area contributed by atoms with Crippen LogP contribution in [0.25, 0.3) is 0 Å². The minimum Gasteiger partial charge on any atom is -0.486 e. The van der Waals surface area contributed by atoms with Crippen molar-refractivity contribution in [1.82, 2.24) is 9.59 Å². The van der Waals surface area contributed by atoms with Gasteiger partial charge in [-0.1, -0.05) is 16.6 Å². The maximum absolute atomic E-state index is 5.63. The van der Waals surface area contributed by atoms with Gasteiger partial charge in [0.25, 0.3) is 0 Å². The number of benzene rings is 1. The first kappa shape index (κ1) is 10.3. The molecule has 0 saturated heterocycles. The van der Waals surface area contributed by atoms with E-state index in [1.54, 1.807) is 6.20 Å². The Labute approximate surface area is 103 Å². The molecule has 0 amide bonds. The molecule has 0 fully saturated rings. The van der Waals surface area contributed by atoms with E-state index >= 15 is 0 Å². The van der Waals surface area contributed by atoms with Gasteiger partial charge in [0.1, 0.15) is 18.2 Å². The average Bonchev–Trinajstić information content (AvgIpc) is 2.89. The van der Waals surface area contributed by atoms with E-state index in [2.05, 4.69) is 14.9 Å². The zero-order chi connectivity index (χ0) is 11.5. The molecule has 1 aromatic carbocycles. The summed E-state index contributed by atoms with van der Waals surface area (Å²) in [5.41, 5.74) is 1.08. The van der Waals surface area contributed by atoms with Gasteiger partial charge in [0.2, 0.25) is 0 Å². The molecule has 2 heterocycles. The third kappa shape index (κ3) is 2.16. The Morgan fingerprint density at radius 2 is 2.24 bits per heavy atom. The van der Waals surface area contributed by atoms with Gasteiger partial charge in [-0.25, -0.2) is 0 Å². The fraction of sp³-hybridized carbons (Fsp3) is 0.273. The summed E-state index contributed by atoms with van der Waals surface area (Å²) in [5, 5.41) is 7.96. The smallest absolute Gasteiger partial charge is 0.166 e. The second-order valence-corrected chi connectivity index (χ2v) is 4.36. The van der Waals surface area contributed by atoms with E-state index < -0.39 is 0 Å². The molecule has 0 unspecified atom stereocenters. The van der Waals surface area contributed by atoms with E-state index in [9.17, 15) is 0 Å². The summed E-state index contributed by atoms with van der Waals surface area (Å²) in [6.07, 6.45) is 1.71. The van der Waals surface area contributed by atoms with Gasteiger partial charge in [0.15, 0.2) is 11.5 Å². The SMILES string of the molecule is c1cc(CNc2cnns2)c2c(c1)OCCO2. The average molecular weight is 249 g/mol. The first-order valence-corrected chi connectivity index (χ1v) is 6.09. The number of nitrogens with one attached hydrogen (secondary N) is 1. The summed E-state index contributed by atoms with van der Waals surface area (Å²) >= 11 is 1.34. The highest BCUT2D eigenvalue weighted by molar-refractivity contribution is 7.09. The second-order valence-electron chi connectivity index (χ2n) is 3.58. The van der Waals surface area contributed by atoms with Crippen molar-refractivity contribution in [2.75, 3.05) is 18.5 Å². The van der Waals surface area contributed by atoms with Crippen molar-refractivity contribution in [2.45, 2.75) is 6.54 Å². The molecular weight excluding hydrogens is 238 g/mol. The van der Waals surface area contributed by atoms with Gasteiger partial charge < -0.3 is 14.8 Å². The van der Waals surface area contributed by atoms with Crippen molar-refractivity contribution in [3.63, 3.8) is 0 Å². The molecule has 6 heteroatoms. The van der Waals surface area contributed by atoms with Gasteiger partial charge in [-0.2, -0.15) is 0 Å². The zero-order valence-electron chi connectivity index (χ0n) is 9.05. The Kier molecular flexibility index (Phi) is 2.79. The van der Waals surface area contributed by atoms with E-state index in [0.717, 1.165) is 22.1 Å². The van der Waals surface area contributed by atoms with Crippen LogP contribution in [0.5, 0.6) is 11.5 Å². The number of hydrogen-bond donors (Lipinski definition) is 1. The van der Waals surface area contributed by atoms with Crippen molar-refractivity contribution in [3.05, 3.63) is 30.0 Å². The first-order chi connectivity index (χ1) is 8.43. The molecule has 17 heavy (non-hydrogen) atoms. The Morgan fingerprint density at radius 3 is 3.12 bits per heavy atom. The molecule has 1 N–H and O–H groups in total. The molecular formula is C11H11N3O2S. The number of rotatable bonds is 3. The molecule has 0 radical (unpaired) electrons. The number of anilines is 1. The maximum atomic E-state index is 5.63. The lowest BCUT2D eigenvalue weighted by Gasteiger charge is -2.20. The van der Waals surface area contributed by atoms with Crippen molar-refractivity contribution in [2.24, 2.45) is 0 Å². The van der Waals surface area contributed by atoms with E-state index in [0.29, 0.717) is 19.8 Å². The molecule has 1 aliphatic rings. The summed E-state index contributed by atoms with van der Waals surface area (Å²) in [6.45, 7) is 1.89. The van der Waals surface area contributed by atoms with Gasteiger partial charge in [0.05, 0.1) is 6.20 Å². The second kappa shape index (κ2) is 4.58. The largest absolute Gasteiger partial charge is 0.486 e. The van der Waals surface area contributed by atoms with Gasteiger partial charge >= 0.3 is 0 Å². The predicted octanol–water partition coefficient (Wildman–Crippen LogP) is 1.92. The summed E-state index contributed by atoms with van der Waals surface area (Å²) in [6, 6.07) is 5.91. The molecule has 2 aromatic rings. The number of ether oxygens (including phenoxy) is 2. The molecule has 3 rings (SSSR count). The number of fused-ring (bicyclic) bond motifs is 1. The quantitative estimate of drug-likeness (QED) is 0.900. The predicted molar refractivity (Wildman–Crippen MR) is 64.7 cm³/mol. The van der Waals surface area contributed by atoms with Gasteiger partial charge in [0, 0.05) is 23.6 Å². The lowest BCUT2D eigenvalue weighted by molar-refractivity contribution is 0.170. The number of para-hydroxylation sites is 1. The van der Waals surface area contributed by atoms with Crippen LogP contribution in [0.15, 0.2) is 24.4 Å². The minimum absolute atomic E-state index is 0.603. The molecule has 1 aliphatic heterocycles. The van der Waals surface area contributed by atoms with Crippen molar-refractivity contribution >= 4 is 16.5 Å². The van der Waals surface area contributed by atoms with Gasteiger partial charge in [-0.15, -0.1) is 5.10 Å². The summed E-state index contributed by atoms with van der Waals surface area (Å²) in [4.78, 5) is 0. The first-order valence-electron chi connectivity index (χ1n) is 5.32. The number of aromatic nitrogens is 2. The summed E-state index contributed by atoms with van der Waals surface area (Å²) < 4.78 is 15.0. The monoisotopic (exact) mass is 249 g/mol. The van der Waals surface area contributed by atoms with Gasteiger partial charge in [-0.05, 0) is 6.07 Å². The van der Waals surface area contributed by atoms with Crippen LogP contribution >= 0.6 is 11.5 Å². The Hall–Kier alpha value is -1.82. The van der Waals surface area contributed by atoms with E-state index in [4.69, 9.17) is 9.47 Å².